The lowest BCUT2D eigenvalue weighted by molar-refractivity contribution is -0.188. The summed E-state index contributed by atoms with van der Waals surface area (Å²) in [5.41, 5.74) is -1.78. The summed E-state index contributed by atoms with van der Waals surface area (Å²) in [6.07, 6.45) is 0.191. The van der Waals surface area contributed by atoms with Crippen LogP contribution in [0.1, 0.15) is 86.9 Å². The summed E-state index contributed by atoms with van der Waals surface area (Å²) >= 11 is 15.2. The highest BCUT2D eigenvalue weighted by Crippen LogP contribution is 2.48. The number of carbonyl (C=O) groups excluding carboxylic acids is 5. The number of carbonyl (C=O) groups is 5. The topological polar surface area (TPSA) is 107 Å². The van der Waals surface area contributed by atoms with Crippen LogP contribution in [0.15, 0.2) is 48.5 Å². The molecular formula is C40H39Cl2NO6S2. The highest BCUT2D eigenvalue weighted by atomic mass is 35.5. The Morgan fingerprint density at radius 1 is 0.706 bits per heavy atom. The number of ketones is 5. The number of thiophene rings is 1. The van der Waals surface area contributed by atoms with Crippen molar-refractivity contribution in [1.82, 2.24) is 4.98 Å². The van der Waals surface area contributed by atoms with Gasteiger partial charge >= 0.3 is 0 Å². The fourth-order valence-electron chi connectivity index (χ4n) is 7.51. The molecule has 1 saturated carbocycles. The first kappa shape index (κ1) is 37.4. The molecule has 2 fully saturated rings. The molecule has 1 aliphatic heterocycles. The van der Waals surface area contributed by atoms with Gasteiger partial charge in [0.2, 0.25) is 0 Å². The van der Waals surface area contributed by atoms with Crippen LogP contribution in [0.25, 0.3) is 21.0 Å². The van der Waals surface area contributed by atoms with Crippen molar-refractivity contribution >= 4 is 74.8 Å². The molecule has 51 heavy (non-hydrogen) atoms. The van der Waals surface area contributed by atoms with Gasteiger partial charge in [-0.2, -0.15) is 0 Å². The molecule has 6 rings (SSSR count). The summed E-state index contributed by atoms with van der Waals surface area (Å²) in [5.74, 6) is -4.00. The van der Waals surface area contributed by atoms with Gasteiger partial charge in [-0.15, -0.1) is 22.7 Å². The van der Waals surface area contributed by atoms with E-state index in [4.69, 9.17) is 32.9 Å². The summed E-state index contributed by atoms with van der Waals surface area (Å²) in [5, 5.41) is 1.42. The van der Waals surface area contributed by atoms with Crippen molar-refractivity contribution in [3.63, 3.8) is 0 Å². The van der Waals surface area contributed by atoms with Crippen LogP contribution in [-0.4, -0.2) is 45.1 Å². The first-order valence-corrected chi connectivity index (χ1v) is 19.0. The molecule has 2 aromatic carbocycles. The number of ether oxygens (including phenoxy) is 1. The van der Waals surface area contributed by atoms with Crippen LogP contribution in [0.2, 0.25) is 10.0 Å². The van der Waals surface area contributed by atoms with E-state index >= 15 is 0 Å². The maximum atomic E-state index is 14.4. The van der Waals surface area contributed by atoms with Crippen molar-refractivity contribution < 1.29 is 28.7 Å². The number of Topliss-reactive ketones (excluding diaryl/α,β-unsaturated/α-hetero) is 5. The van der Waals surface area contributed by atoms with Gasteiger partial charge in [-0.05, 0) is 97.2 Å². The van der Waals surface area contributed by atoms with E-state index in [1.54, 1.807) is 66.7 Å². The van der Waals surface area contributed by atoms with Crippen LogP contribution in [0.3, 0.4) is 0 Å². The summed E-state index contributed by atoms with van der Waals surface area (Å²) in [6, 6.07) is 14.8. The van der Waals surface area contributed by atoms with Crippen molar-refractivity contribution in [3.05, 3.63) is 85.2 Å². The molecule has 0 N–H and O–H groups in total. The molecule has 3 heterocycles. The van der Waals surface area contributed by atoms with E-state index in [0.717, 1.165) is 31.3 Å². The molecule has 7 nitrogen and oxygen atoms in total. The predicted octanol–water partition coefficient (Wildman–Crippen LogP) is 9.35. The number of aromatic nitrogens is 1. The van der Waals surface area contributed by atoms with E-state index in [1.807, 2.05) is 44.2 Å². The van der Waals surface area contributed by atoms with Crippen molar-refractivity contribution in [2.24, 2.45) is 10.8 Å². The van der Waals surface area contributed by atoms with Gasteiger partial charge in [0.05, 0.1) is 26.6 Å². The average Bonchev–Trinajstić information content (AvgIpc) is 3.63. The quantitative estimate of drug-likeness (QED) is 0.180. The van der Waals surface area contributed by atoms with E-state index < -0.39 is 33.9 Å². The zero-order valence-electron chi connectivity index (χ0n) is 29.9. The third-order valence-electron chi connectivity index (χ3n) is 10.3. The van der Waals surface area contributed by atoms with Crippen LogP contribution < -0.4 is 0 Å². The zero-order valence-corrected chi connectivity index (χ0v) is 33.1. The summed E-state index contributed by atoms with van der Waals surface area (Å²) in [7, 11) is 0. The SMILES string of the molecule is Cc1sc(-c2cccc(CC3(C)OC(C)(C)C(=O)C(c4nc(-c5ccc(Cl)c(Cl)c5)sc4C)C3=O)c2)cc1C1C(=O)C(C)(C)C(=O)C(C)(C)C1=O. The Morgan fingerprint density at radius 2 is 1.35 bits per heavy atom. The molecule has 1 aliphatic carbocycles. The molecule has 2 aromatic heterocycles. The maximum absolute atomic E-state index is 14.4. The van der Waals surface area contributed by atoms with Gasteiger partial charge in [0.1, 0.15) is 28.0 Å². The van der Waals surface area contributed by atoms with Crippen molar-refractivity contribution in [3.8, 4) is 21.0 Å². The van der Waals surface area contributed by atoms with Gasteiger partial charge in [0, 0.05) is 26.6 Å². The molecule has 266 valence electrons. The summed E-state index contributed by atoms with van der Waals surface area (Å²) in [6.45, 7) is 15.2. The molecule has 11 heteroatoms. The molecule has 0 bridgehead atoms. The Labute approximate surface area is 315 Å². The zero-order chi connectivity index (χ0) is 37.6. The number of hydrogen-bond acceptors (Lipinski definition) is 9. The van der Waals surface area contributed by atoms with Crippen molar-refractivity contribution in [2.75, 3.05) is 0 Å². The van der Waals surface area contributed by atoms with E-state index in [1.165, 1.54) is 22.7 Å². The van der Waals surface area contributed by atoms with Gasteiger partial charge < -0.3 is 4.74 Å². The normalized spacial score (nSPS) is 23.3. The molecule has 0 spiro atoms. The fraction of sp³-hybridized carbons (Fsp3) is 0.400. The third kappa shape index (κ3) is 6.19. The van der Waals surface area contributed by atoms with Gasteiger partial charge in [-0.25, -0.2) is 4.98 Å². The summed E-state index contributed by atoms with van der Waals surface area (Å²) < 4.78 is 6.37. The molecule has 0 amide bonds. The third-order valence-corrected chi connectivity index (χ3v) is 13.2. The van der Waals surface area contributed by atoms with E-state index in [-0.39, 0.29) is 35.3 Å². The predicted molar refractivity (Wildman–Crippen MR) is 202 cm³/mol. The molecule has 2 atom stereocenters. The summed E-state index contributed by atoms with van der Waals surface area (Å²) in [4.78, 5) is 75.8. The highest BCUT2D eigenvalue weighted by molar-refractivity contribution is 7.15. The number of hydrogen-bond donors (Lipinski definition) is 0. The van der Waals surface area contributed by atoms with Crippen LogP contribution in [-0.2, 0) is 35.1 Å². The number of halogens is 2. The molecule has 2 aliphatic rings. The first-order valence-electron chi connectivity index (χ1n) is 16.6. The number of aryl methyl sites for hydroxylation is 2. The minimum Gasteiger partial charge on any atom is -0.353 e. The lowest BCUT2D eigenvalue weighted by atomic mass is 9.57. The second-order valence-electron chi connectivity index (χ2n) is 15.3. The number of rotatable bonds is 6. The smallest absolute Gasteiger partial charge is 0.181 e. The van der Waals surface area contributed by atoms with Gasteiger partial charge in [0.15, 0.2) is 28.9 Å². The molecule has 4 aromatic rings. The van der Waals surface area contributed by atoms with E-state index in [9.17, 15) is 24.0 Å². The van der Waals surface area contributed by atoms with Crippen molar-refractivity contribution in [2.45, 2.75) is 91.8 Å². The molecule has 0 radical (unpaired) electrons. The Hall–Kier alpha value is -3.34. The second kappa shape index (κ2) is 12.7. The largest absolute Gasteiger partial charge is 0.353 e. The van der Waals surface area contributed by atoms with E-state index in [2.05, 4.69) is 0 Å². The van der Waals surface area contributed by atoms with Gasteiger partial charge in [0.25, 0.3) is 0 Å². The molecule has 2 unspecified atom stereocenters. The highest BCUT2D eigenvalue weighted by Gasteiger charge is 2.59. The van der Waals surface area contributed by atoms with Crippen LogP contribution in [0.5, 0.6) is 0 Å². The van der Waals surface area contributed by atoms with Crippen LogP contribution in [0.4, 0.5) is 0 Å². The monoisotopic (exact) mass is 763 g/mol. The van der Waals surface area contributed by atoms with E-state index in [0.29, 0.717) is 26.3 Å². The standard InChI is InChI=1S/C40H39Cl2NO6S2/c1-19-24(28-31(44)37(3,4)36(48)38(5,6)32(28)45)17-27(50-19)22-12-10-11-21(15-22)18-40(9)34(47)29(33(46)39(7,8)49-40)30-20(2)51-35(43-30)23-13-14-25(41)26(42)16-23/h10-17,28-29H,18H2,1-9H3. The number of benzene rings is 2. The minimum absolute atomic E-state index is 0.191. The second-order valence-corrected chi connectivity index (χ2v) is 18.6. The minimum atomic E-state index is -1.36. The molecular weight excluding hydrogens is 725 g/mol. The van der Waals surface area contributed by atoms with Crippen LogP contribution >= 0.6 is 45.9 Å². The van der Waals surface area contributed by atoms with Gasteiger partial charge in [-0.1, -0.05) is 53.5 Å². The number of nitrogens with zero attached hydrogens (tertiary/aromatic N) is 1. The lowest BCUT2D eigenvalue weighted by Crippen LogP contribution is -2.60. The fourth-order valence-corrected chi connectivity index (χ4v) is 9.81. The average molecular weight is 765 g/mol. The Bertz CT molecular complexity index is 2150. The first-order chi connectivity index (χ1) is 23.6. The Balaban J connectivity index is 1.32. The lowest BCUT2D eigenvalue weighted by Gasteiger charge is -2.44. The number of thiazole rings is 1. The molecule has 1 saturated heterocycles. The van der Waals surface area contributed by atoms with Crippen molar-refractivity contribution in [1.29, 1.82) is 0 Å². The van der Waals surface area contributed by atoms with Crippen LogP contribution in [0, 0.1) is 24.7 Å². The Kier molecular flexibility index (Phi) is 9.29. The Morgan fingerprint density at radius 3 is 1.98 bits per heavy atom. The maximum Gasteiger partial charge on any atom is 0.181 e. The van der Waals surface area contributed by atoms with Gasteiger partial charge in [-0.3, -0.25) is 24.0 Å².